The number of non-ortho nitro benzene ring substituents is 1. The van der Waals surface area contributed by atoms with E-state index in [-0.39, 0.29) is 18.7 Å². The number of nitrogens with zero attached hydrogens (tertiary/aromatic N) is 2. The Morgan fingerprint density at radius 2 is 1.81 bits per heavy atom. The van der Waals surface area contributed by atoms with Gasteiger partial charge < -0.3 is 19.5 Å². The van der Waals surface area contributed by atoms with Crippen molar-refractivity contribution in [2.75, 3.05) is 20.7 Å². The molecule has 0 saturated carbocycles. The van der Waals surface area contributed by atoms with Gasteiger partial charge in [-0.2, -0.15) is 0 Å². The van der Waals surface area contributed by atoms with E-state index in [4.69, 9.17) is 14.6 Å². The maximum atomic E-state index is 10.7. The molecule has 2 aromatic carbocycles. The van der Waals surface area contributed by atoms with Crippen molar-refractivity contribution in [1.29, 1.82) is 0 Å². The molecule has 0 unspecified atom stereocenters. The van der Waals surface area contributed by atoms with Gasteiger partial charge in [0.15, 0.2) is 11.5 Å². The summed E-state index contributed by atoms with van der Waals surface area (Å²) >= 11 is 0. The average Bonchev–Trinajstić information content (AvgIpc) is 2.65. The topological polar surface area (TPSA) is 102 Å². The van der Waals surface area contributed by atoms with Gasteiger partial charge in [0.25, 0.3) is 5.69 Å². The van der Waals surface area contributed by atoms with E-state index in [1.807, 2.05) is 24.1 Å². The number of hydrogen-bond acceptors (Lipinski definition) is 6. The summed E-state index contributed by atoms with van der Waals surface area (Å²) < 4.78 is 11.1. The summed E-state index contributed by atoms with van der Waals surface area (Å²) in [5.74, 6) is 0.309. The van der Waals surface area contributed by atoms with E-state index in [1.54, 1.807) is 25.3 Å². The van der Waals surface area contributed by atoms with Gasteiger partial charge in [0.1, 0.15) is 6.61 Å². The molecule has 0 aliphatic rings. The quantitative estimate of drug-likeness (QED) is 0.503. The zero-order valence-electron chi connectivity index (χ0n) is 15.3. The average molecular weight is 374 g/mol. The third-order valence-corrected chi connectivity index (χ3v) is 3.93. The molecule has 0 fully saturated rings. The minimum absolute atomic E-state index is 0.0349. The number of carboxylic acids is 1. The van der Waals surface area contributed by atoms with Crippen LogP contribution in [0.5, 0.6) is 11.5 Å². The predicted molar refractivity (Wildman–Crippen MR) is 99.0 cm³/mol. The van der Waals surface area contributed by atoms with Crippen molar-refractivity contribution in [2.24, 2.45) is 0 Å². The highest BCUT2D eigenvalue weighted by Gasteiger charge is 2.10. The van der Waals surface area contributed by atoms with E-state index in [1.165, 1.54) is 12.1 Å². The fourth-order valence-electron chi connectivity index (χ4n) is 2.48. The molecule has 8 heteroatoms. The molecule has 0 amide bonds. The van der Waals surface area contributed by atoms with Gasteiger partial charge in [0.2, 0.25) is 0 Å². The lowest BCUT2D eigenvalue weighted by molar-refractivity contribution is -0.384. The van der Waals surface area contributed by atoms with Crippen molar-refractivity contribution in [3.8, 4) is 11.5 Å². The monoisotopic (exact) mass is 374 g/mol. The van der Waals surface area contributed by atoms with Gasteiger partial charge in [-0.05, 0) is 42.4 Å². The Labute approximate surface area is 157 Å². The highest BCUT2D eigenvalue weighted by atomic mass is 16.6. The standard InChI is InChI=1S/C19H22N2O6/c1-20(10-9-19(22)23)12-15-5-8-17(18(11-15)26-2)27-13-14-3-6-16(7-4-14)21(24)25/h3-8,11H,9-10,12-13H2,1-2H3,(H,22,23). The number of methoxy groups -OCH3 is 1. The van der Waals surface area contributed by atoms with Gasteiger partial charge in [-0.15, -0.1) is 0 Å². The zero-order valence-corrected chi connectivity index (χ0v) is 15.3. The molecule has 0 aliphatic carbocycles. The van der Waals surface area contributed by atoms with Gasteiger partial charge in [-0.1, -0.05) is 6.07 Å². The van der Waals surface area contributed by atoms with Gasteiger partial charge in [0, 0.05) is 25.2 Å². The normalized spacial score (nSPS) is 10.6. The first-order valence-corrected chi connectivity index (χ1v) is 8.32. The van der Waals surface area contributed by atoms with Gasteiger partial charge in [0.05, 0.1) is 18.5 Å². The lowest BCUT2D eigenvalue weighted by Gasteiger charge is -2.17. The molecule has 0 spiro atoms. The smallest absolute Gasteiger partial charge is 0.304 e. The molecule has 2 rings (SSSR count). The molecular formula is C19H22N2O6. The van der Waals surface area contributed by atoms with Crippen LogP contribution in [0.4, 0.5) is 5.69 Å². The number of rotatable bonds is 10. The molecule has 0 saturated heterocycles. The number of benzene rings is 2. The Hall–Kier alpha value is -3.13. The maximum Gasteiger partial charge on any atom is 0.304 e. The van der Waals surface area contributed by atoms with Crippen molar-refractivity contribution in [1.82, 2.24) is 4.90 Å². The molecule has 0 aromatic heterocycles. The molecule has 144 valence electrons. The molecule has 0 atom stereocenters. The molecule has 0 radical (unpaired) electrons. The summed E-state index contributed by atoms with van der Waals surface area (Å²) in [6.45, 7) is 1.30. The fourth-order valence-corrected chi connectivity index (χ4v) is 2.48. The highest BCUT2D eigenvalue weighted by molar-refractivity contribution is 5.66. The summed E-state index contributed by atoms with van der Waals surface area (Å²) in [6, 6.07) is 11.7. The molecule has 8 nitrogen and oxygen atoms in total. The second-order valence-corrected chi connectivity index (χ2v) is 6.08. The van der Waals surface area contributed by atoms with Crippen molar-refractivity contribution in [3.05, 3.63) is 63.7 Å². The number of nitro benzene ring substituents is 1. The fraction of sp³-hybridized carbons (Fsp3) is 0.316. The third kappa shape index (κ3) is 6.27. The van der Waals surface area contributed by atoms with E-state index >= 15 is 0 Å². The zero-order chi connectivity index (χ0) is 19.8. The van der Waals surface area contributed by atoms with Crippen molar-refractivity contribution in [3.63, 3.8) is 0 Å². The summed E-state index contributed by atoms with van der Waals surface area (Å²) in [6.07, 6.45) is 0.0874. The molecule has 0 heterocycles. The van der Waals surface area contributed by atoms with E-state index in [2.05, 4.69) is 0 Å². The Kier molecular flexibility index (Phi) is 7.13. The highest BCUT2D eigenvalue weighted by Crippen LogP contribution is 2.29. The lowest BCUT2D eigenvalue weighted by atomic mass is 10.2. The number of ether oxygens (including phenoxy) is 2. The van der Waals surface area contributed by atoms with E-state index in [9.17, 15) is 14.9 Å². The Balaban J connectivity index is 1.98. The van der Waals surface area contributed by atoms with Crippen LogP contribution in [-0.4, -0.2) is 41.6 Å². The number of aliphatic carboxylic acids is 1. The minimum Gasteiger partial charge on any atom is -0.493 e. The number of hydrogen-bond donors (Lipinski definition) is 1. The first-order valence-electron chi connectivity index (χ1n) is 8.32. The number of carboxylic acid groups (broad SMARTS) is 1. The van der Waals surface area contributed by atoms with Gasteiger partial charge >= 0.3 is 5.97 Å². The Morgan fingerprint density at radius 1 is 1.15 bits per heavy atom. The summed E-state index contributed by atoms with van der Waals surface area (Å²) in [4.78, 5) is 22.8. The SMILES string of the molecule is COc1cc(CN(C)CCC(=O)O)ccc1OCc1ccc([N+](=O)[O-])cc1. The van der Waals surface area contributed by atoms with Crippen LogP contribution in [0.1, 0.15) is 17.5 Å². The lowest BCUT2D eigenvalue weighted by Crippen LogP contribution is -2.21. The third-order valence-electron chi connectivity index (χ3n) is 3.93. The largest absolute Gasteiger partial charge is 0.493 e. The van der Waals surface area contributed by atoms with Crippen LogP contribution in [0.2, 0.25) is 0 Å². The molecule has 0 aliphatic heterocycles. The second-order valence-electron chi connectivity index (χ2n) is 6.08. The minimum atomic E-state index is -0.825. The molecule has 27 heavy (non-hydrogen) atoms. The molecule has 2 aromatic rings. The van der Waals surface area contributed by atoms with E-state index < -0.39 is 10.9 Å². The number of nitro groups is 1. The maximum absolute atomic E-state index is 10.7. The summed E-state index contributed by atoms with van der Waals surface area (Å²) in [5, 5.41) is 19.4. The number of carbonyl (C=O) groups is 1. The Bertz CT molecular complexity index is 791. The second kappa shape index (κ2) is 9.54. The van der Waals surface area contributed by atoms with Crippen LogP contribution in [0.15, 0.2) is 42.5 Å². The van der Waals surface area contributed by atoms with Crippen LogP contribution in [-0.2, 0) is 17.9 Å². The van der Waals surface area contributed by atoms with Crippen LogP contribution in [0.3, 0.4) is 0 Å². The van der Waals surface area contributed by atoms with Crippen molar-refractivity contribution >= 4 is 11.7 Å². The van der Waals surface area contributed by atoms with E-state index in [0.29, 0.717) is 24.6 Å². The van der Waals surface area contributed by atoms with Gasteiger partial charge in [-0.3, -0.25) is 14.9 Å². The molecule has 1 N–H and O–H groups in total. The van der Waals surface area contributed by atoms with Crippen molar-refractivity contribution < 1.29 is 24.3 Å². The van der Waals surface area contributed by atoms with Gasteiger partial charge in [-0.25, -0.2) is 0 Å². The first-order chi connectivity index (χ1) is 12.9. The van der Waals surface area contributed by atoms with Crippen LogP contribution >= 0.6 is 0 Å². The summed E-state index contributed by atoms with van der Waals surface area (Å²) in [5.41, 5.74) is 1.82. The Morgan fingerprint density at radius 3 is 2.41 bits per heavy atom. The van der Waals surface area contributed by atoms with Crippen LogP contribution in [0.25, 0.3) is 0 Å². The predicted octanol–water partition coefficient (Wildman–Crippen LogP) is 3.09. The van der Waals surface area contributed by atoms with Crippen LogP contribution in [0, 0.1) is 10.1 Å². The first kappa shape index (κ1) is 20.2. The van der Waals surface area contributed by atoms with Crippen LogP contribution < -0.4 is 9.47 Å². The molecular weight excluding hydrogens is 352 g/mol. The molecule has 0 bridgehead atoms. The summed E-state index contributed by atoms with van der Waals surface area (Å²) in [7, 11) is 3.40. The van der Waals surface area contributed by atoms with Crippen molar-refractivity contribution in [2.45, 2.75) is 19.6 Å². The van der Waals surface area contributed by atoms with E-state index in [0.717, 1.165) is 11.1 Å².